The van der Waals surface area contributed by atoms with E-state index in [-0.39, 0.29) is 5.54 Å². The molecule has 0 radical (unpaired) electrons. The summed E-state index contributed by atoms with van der Waals surface area (Å²) in [7, 11) is 0. The fourth-order valence-electron chi connectivity index (χ4n) is 9.46. The van der Waals surface area contributed by atoms with Gasteiger partial charge in [-0.2, -0.15) is 5.26 Å². The zero-order valence-electron chi connectivity index (χ0n) is 28.3. The number of fused-ring (bicyclic) bond motifs is 3. The number of alkyl halides is 1. The van der Waals surface area contributed by atoms with Gasteiger partial charge in [0.1, 0.15) is 23.9 Å². The van der Waals surface area contributed by atoms with Crippen molar-refractivity contribution in [3.63, 3.8) is 0 Å². The van der Waals surface area contributed by atoms with E-state index in [1.165, 1.54) is 74.7 Å². The van der Waals surface area contributed by atoms with Crippen LogP contribution in [0.5, 0.6) is 0 Å². The normalized spacial score (nSPS) is 27.6. The Hall–Kier alpha value is -2.72. The quantitative estimate of drug-likeness (QED) is 0.353. The van der Waals surface area contributed by atoms with Crippen LogP contribution in [-0.4, -0.2) is 52.8 Å². The topological polar surface area (TPSA) is 82.1 Å². The van der Waals surface area contributed by atoms with Crippen molar-refractivity contribution >= 4 is 11.5 Å². The molecule has 2 aromatic rings. The van der Waals surface area contributed by atoms with Crippen LogP contribution >= 0.6 is 0 Å². The van der Waals surface area contributed by atoms with Gasteiger partial charge in [0, 0.05) is 54.7 Å². The van der Waals surface area contributed by atoms with Gasteiger partial charge in [0.05, 0.1) is 11.3 Å². The van der Waals surface area contributed by atoms with Gasteiger partial charge in [0.15, 0.2) is 0 Å². The van der Waals surface area contributed by atoms with Crippen LogP contribution in [0.1, 0.15) is 138 Å². The molecule has 0 bridgehead atoms. The minimum atomic E-state index is -0.551. The van der Waals surface area contributed by atoms with E-state index in [9.17, 15) is 9.65 Å². The highest BCUT2D eigenvalue weighted by Crippen LogP contribution is 2.54. The molecule has 4 fully saturated rings. The molecule has 7 rings (SSSR count). The molecule has 1 spiro atoms. The number of aromatic nitrogens is 2. The SMILES string of the molecule is CC12CCCN1CC(F)C2.CCCC1CC2(C1)CN(c1nc(CC)nc3c1CCCCCC(C)c1ccc(N)c(C#N)c1C3)C2. The molecule has 6 nitrogen and oxygen atoms in total. The van der Waals surface area contributed by atoms with Crippen molar-refractivity contribution in [2.45, 2.75) is 135 Å². The highest BCUT2D eigenvalue weighted by molar-refractivity contribution is 5.63. The molecule has 3 unspecified atom stereocenters. The molecule has 0 amide bonds. The predicted molar refractivity (Wildman–Crippen MR) is 181 cm³/mol. The Kier molecular flexibility index (Phi) is 9.44. The number of nitrogens with zero attached hydrogens (tertiary/aromatic N) is 5. The smallest absolute Gasteiger partial charge is 0.135 e. The van der Waals surface area contributed by atoms with Crippen molar-refractivity contribution in [3.05, 3.63) is 45.9 Å². The largest absolute Gasteiger partial charge is 0.398 e. The molecule has 1 aromatic heterocycles. The highest BCUT2D eigenvalue weighted by atomic mass is 19.1. The lowest BCUT2D eigenvalue weighted by Gasteiger charge is -2.60. The number of halogens is 1. The summed E-state index contributed by atoms with van der Waals surface area (Å²) in [5, 5.41) is 10.0. The van der Waals surface area contributed by atoms with Crippen LogP contribution in [0.4, 0.5) is 15.9 Å². The zero-order valence-corrected chi connectivity index (χ0v) is 28.3. The number of nitrogens with two attached hydrogens (primary N) is 1. The van der Waals surface area contributed by atoms with Crippen molar-refractivity contribution < 1.29 is 4.39 Å². The maximum absolute atomic E-state index is 12.8. The van der Waals surface area contributed by atoms with E-state index in [1.54, 1.807) is 0 Å². The van der Waals surface area contributed by atoms with E-state index >= 15 is 0 Å². The first-order valence-electron chi connectivity index (χ1n) is 18.0. The Morgan fingerprint density at radius 1 is 1.07 bits per heavy atom. The minimum absolute atomic E-state index is 0.236. The van der Waals surface area contributed by atoms with Gasteiger partial charge in [-0.1, -0.05) is 52.5 Å². The van der Waals surface area contributed by atoms with Crippen LogP contribution in [0.25, 0.3) is 0 Å². The molecule has 3 atom stereocenters. The summed E-state index contributed by atoms with van der Waals surface area (Å²) >= 11 is 0. The molecular weight excluding hydrogens is 559 g/mol. The van der Waals surface area contributed by atoms with Crippen molar-refractivity contribution in [1.82, 2.24) is 14.9 Å². The first-order chi connectivity index (χ1) is 21.7. The summed E-state index contributed by atoms with van der Waals surface area (Å²) in [5.74, 6) is 3.44. The molecule has 3 saturated heterocycles. The molecule has 45 heavy (non-hydrogen) atoms. The van der Waals surface area contributed by atoms with Crippen LogP contribution < -0.4 is 10.6 Å². The third kappa shape index (κ3) is 6.46. The Labute approximate surface area is 271 Å². The number of anilines is 2. The monoisotopic (exact) mass is 614 g/mol. The summed E-state index contributed by atoms with van der Waals surface area (Å²) < 4.78 is 12.8. The second-order valence-electron chi connectivity index (χ2n) is 15.4. The highest BCUT2D eigenvalue weighted by Gasteiger charge is 2.52. The van der Waals surface area contributed by atoms with Gasteiger partial charge in [-0.3, -0.25) is 4.90 Å². The lowest BCUT2D eigenvalue weighted by Crippen LogP contribution is -2.62. The Balaban J connectivity index is 0.000000301. The summed E-state index contributed by atoms with van der Waals surface area (Å²) in [4.78, 5) is 15.0. The number of aryl methyl sites for hydroxylation is 1. The fourth-order valence-corrected chi connectivity index (χ4v) is 9.46. The predicted octanol–water partition coefficient (Wildman–Crippen LogP) is 7.90. The summed E-state index contributed by atoms with van der Waals surface area (Å²) in [6.07, 6.45) is 15.4. The summed E-state index contributed by atoms with van der Waals surface area (Å²) in [6, 6.07) is 6.49. The molecule has 244 valence electrons. The van der Waals surface area contributed by atoms with E-state index in [2.05, 4.69) is 49.6 Å². The van der Waals surface area contributed by atoms with Gasteiger partial charge >= 0.3 is 0 Å². The fraction of sp³-hybridized carbons (Fsp3) is 0.711. The van der Waals surface area contributed by atoms with Crippen molar-refractivity contribution in [1.29, 1.82) is 5.26 Å². The molecular formula is C38H55FN6. The number of hydrogen-bond acceptors (Lipinski definition) is 6. The third-order valence-corrected chi connectivity index (χ3v) is 11.8. The van der Waals surface area contributed by atoms with Gasteiger partial charge in [0.2, 0.25) is 0 Å². The van der Waals surface area contributed by atoms with E-state index in [1.807, 2.05) is 6.07 Å². The first-order valence-corrected chi connectivity index (χ1v) is 18.0. The van der Waals surface area contributed by atoms with Crippen molar-refractivity contribution in [2.24, 2.45) is 11.3 Å². The van der Waals surface area contributed by atoms with E-state index < -0.39 is 6.17 Å². The van der Waals surface area contributed by atoms with E-state index in [0.29, 0.717) is 35.5 Å². The second-order valence-corrected chi connectivity index (χ2v) is 15.4. The van der Waals surface area contributed by atoms with Gasteiger partial charge in [-0.15, -0.1) is 0 Å². The zero-order chi connectivity index (χ0) is 31.8. The maximum Gasteiger partial charge on any atom is 0.135 e. The Morgan fingerprint density at radius 2 is 1.87 bits per heavy atom. The number of nitrogen functional groups attached to an aromatic ring is 1. The maximum atomic E-state index is 12.8. The first kappa shape index (κ1) is 32.2. The molecule has 1 aromatic carbocycles. The van der Waals surface area contributed by atoms with Gasteiger partial charge in [0.25, 0.3) is 0 Å². The van der Waals surface area contributed by atoms with Crippen molar-refractivity contribution in [3.8, 4) is 6.07 Å². The van der Waals surface area contributed by atoms with Crippen LogP contribution in [0.3, 0.4) is 0 Å². The number of benzene rings is 1. The molecule has 7 heteroatoms. The molecule has 2 aliphatic carbocycles. The van der Waals surface area contributed by atoms with Gasteiger partial charge in [-0.05, 0) is 93.9 Å². The number of hydrogen-bond donors (Lipinski definition) is 1. The second kappa shape index (κ2) is 13.2. The lowest BCUT2D eigenvalue weighted by molar-refractivity contribution is 0.0183. The molecule has 3 aliphatic heterocycles. The summed E-state index contributed by atoms with van der Waals surface area (Å²) in [5.41, 5.74) is 13.1. The van der Waals surface area contributed by atoms with Crippen molar-refractivity contribution in [2.75, 3.05) is 36.8 Å². The van der Waals surface area contributed by atoms with Crippen LogP contribution in [0.15, 0.2) is 12.1 Å². The molecule has 5 aliphatic rings. The number of nitriles is 1. The van der Waals surface area contributed by atoms with Crippen LogP contribution in [0, 0.1) is 22.7 Å². The lowest BCUT2D eigenvalue weighted by atomic mass is 9.57. The average Bonchev–Trinajstić information content (AvgIpc) is 3.45. The van der Waals surface area contributed by atoms with E-state index in [4.69, 9.17) is 15.7 Å². The molecule has 4 heterocycles. The molecule has 2 N–H and O–H groups in total. The van der Waals surface area contributed by atoms with Crippen LogP contribution in [0.2, 0.25) is 0 Å². The summed E-state index contributed by atoms with van der Waals surface area (Å²) in [6.45, 7) is 13.0. The van der Waals surface area contributed by atoms with Gasteiger partial charge < -0.3 is 10.6 Å². The Bertz CT molecular complexity index is 1400. The van der Waals surface area contributed by atoms with Gasteiger partial charge in [-0.25, -0.2) is 14.4 Å². The molecule has 1 saturated carbocycles. The van der Waals surface area contributed by atoms with Crippen LogP contribution in [-0.2, 0) is 19.3 Å². The number of rotatable bonds is 4. The minimum Gasteiger partial charge on any atom is -0.398 e. The average molecular weight is 615 g/mol. The standard InChI is InChI=1S/C30H41N5.C8H14FN/c1-4-9-21-15-30(16-21)18-35(19-30)29-23-11-8-6-7-10-20(3)22-12-13-26(32)25(17-31)24(22)14-27(23)33-28(5-2)34-29;1-8-3-2-4-10(8)6-7(9)5-8/h12-13,20-21H,4-11,14-16,18-19,32H2,1-3H3;7H,2-6H2,1H3. The third-order valence-electron chi connectivity index (χ3n) is 11.8. The Morgan fingerprint density at radius 3 is 2.58 bits per heavy atom. The van der Waals surface area contributed by atoms with E-state index in [0.717, 1.165) is 68.3 Å².